The fourth-order valence-corrected chi connectivity index (χ4v) is 1.99. The number of nitrogens with zero attached hydrogens (tertiary/aromatic N) is 1. The van der Waals surface area contributed by atoms with E-state index in [1.807, 2.05) is 13.8 Å². The first-order valence-electron chi connectivity index (χ1n) is 6.77. The fraction of sp³-hybridized carbons (Fsp3) is 0.357. The number of fused-ring (bicyclic) bond motifs is 1. The molecule has 2 rings (SSSR count). The smallest absolute Gasteiger partial charge is 0.258 e. The fourth-order valence-electron chi connectivity index (χ4n) is 1.99. The zero-order valence-electron chi connectivity index (χ0n) is 12.1. The lowest BCUT2D eigenvalue weighted by atomic mass is 10.2. The van der Waals surface area contributed by atoms with Crippen molar-refractivity contribution in [3.05, 3.63) is 28.8 Å². The molecule has 0 aliphatic rings. The lowest BCUT2D eigenvalue weighted by Gasteiger charge is -2.11. The van der Waals surface area contributed by atoms with Crippen LogP contribution in [0.25, 0.3) is 10.9 Å². The molecule has 0 radical (unpaired) electrons. The average molecular weight is 289 g/mol. The Hall–Kier alpha value is -2.57. The summed E-state index contributed by atoms with van der Waals surface area (Å²) in [5.41, 5.74) is 7.35. The highest BCUT2D eigenvalue weighted by atomic mass is 16.1. The minimum atomic E-state index is -0.227. The molecule has 7 nitrogen and oxygen atoms in total. The van der Waals surface area contributed by atoms with Crippen molar-refractivity contribution in [3.8, 4) is 0 Å². The van der Waals surface area contributed by atoms with Crippen molar-refractivity contribution in [2.24, 2.45) is 0 Å². The van der Waals surface area contributed by atoms with Crippen molar-refractivity contribution in [3.63, 3.8) is 0 Å². The summed E-state index contributed by atoms with van der Waals surface area (Å²) in [6, 6.07) is 3.41. The molecule has 5 N–H and O–H groups in total. The van der Waals surface area contributed by atoms with Crippen molar-refractivity contribution in [1.82, 2.24) is 15.3 Å². The number of hydrogen-bond donors (Lipinski definition) is 4. The van der Waals surface area contributed by atoms with E-state index in [-0.39, 0.29) is 17.5 Å². The predicted octanol–water partition coefficient (Wildman–Crippen LogP) is 0.832. The number of nitrogens with two attached hydrogens (primary N) is 1. The van der Waals surface area contributed by atoms with Crippen LogP contribution in [0.3, 0.4) is 0 Å². The molecule has 0 unspecified atom stereocenters. The van der Waals surface area contributed by atoms with E-state index in [0.717, 1.165) is 0 Å². The summed E-state index contributed by atoms with van der Waals surface area (Å²) in [6.07, 6.45) is 1.69. The first-order chi connectivity index (χ1) is 9.97. The topological polar surface area (TPSA) is 113 Å². The van der Waals surface area contributed by atoms with Crippen LogP contribution in [-0.2, 0) is 4.79 Å². The minimum Gasteiger partial charge on any atom is -0.397 e. The van der Waals surface area contributed by atoms with Crippen LogP contribution >= 0.6 is 0 Å². The van der Waals surface area contributed by atoms with Gasteiger partial charge in [-0.25, -0.2) is 4.98 Å². The number of aromatic amines is 1. The number of carbonyl (C=O) groups excluding carboxylic acids is 1. The van der Waals surface area contributed by atoms with Gasteiger partial charge in [0.15, 0.2) is 0 Å². The van der Waals surface area contributed by atoms with Crippen LogP contribution in [0.2, 0.25) is 0 Å². The number of carbonyl (C=O) groups is 1. The Labute approximate surface area is 122 Å². The SMILES string of the molecule is CC(C)NC(=O)CCNc1cc2nc[nH]c(=O)c2cc1N. The second kappa shape index (κ2) is 6.25. The third kappa shape index (κ3) is 3.71. The Morgan fingerprint density at radius 2 is 2.19 bits per heavy atom. The Kier molecular flexibility index (Phi) is 4.42. The van der Waals surface area contributed by atoms with Gasteiger partial charge in [-0.15, -0.1) is 0 Å². The molecular weight excluding hydrogens is 270 g/mol. The summed E-state index contributed by atoms with van der Waals surface area (Å²) in [5.74, 6) is -0.0218. The summed E-state index contributed by atoms with van der Waals surface area (Å²) >= 11 is 0. The standard InChI is InChI=1S/C14H19N5O2/c1-8(2)19-13(20)3-4-16-12-6-11-9(5-10(12)15)14(21)18-7-17-11/h5-8,16H,3-4,15H2,1-2H3,(H,19,20)(H,17,18,21). The van der Waals surface area contributed by atoms with E-state index >= 15 is 0 Å². The molecule has 1 aromatic carbocycles. The second-order valence-corrected chi connectivity index (χ2v) is 5.09. The molecule has 21 heavy (non-hydrogen) atoms. The van der Waals surface area contributed by atoms with E-state index in [2.05, 4.69) is 20.6 Å². The number of nitrogen functional groups attached to an aromatic ring is 1. The van der Waals surface area contributed by atoms with E-state index in [1.165, 1.54) is 6.33 Å². The third-order valence-corrected chi connectivity index (χ3v) is 2.93. The van der Waals surface area contributed by atoms with Crippen LogP contribution < -0.4 is 21.9 Å². The number of H-pyrrole nitrogens is 1. The maximum absolute atomic E-state index is 11.6. The summed E-state index contributed by atoms with van der Waals surface area (Å²) in [6.45, 7) is 4.28. The van der Waals surface area contributed by atoms with Gasteiger partial charge in [0.25, 0.3) is 5.56 Å². The Morgan fingerprint density at radius 3 is 2.90 bits per heavy atom. The first kappa shape index (κ1) is 14.8. The van der Waals surface area contributed by atoms with Gasteiger partial charge in [0.1, 0.15) is 0 Å². The van der Waals surface area contributed by atoms with Gasteiger partial charge < -0.3 is 21.4 Å². The number of benzene rings is 1. The number of aromatic nitrogens is 2. The van der Waals surface area contributed by atoms with E-state index in [4.69, 9.17) is 5.73 Å². The molecule has 2 aromatic rings. The highest BCUT2D eigenvalue weighted by molar-refractivity contribution is 5.88. The molecule has 0 bridgehead atoms. The van der Waals surface area contributed by atoms with E-state index in [1.54, 1.807) is 12.1 Å². The molecule has 0 atom stereocenters. The van der Waals surface area contributed by atoms with E-state index < -0.39 is 0 Å². The summed E-state index contributed by atoms with van der Waals surface area (Å²) in [4.78, 5) is 29.8. The van der Waals surface area contributed by atoms with Crippen LogP contribution in [-0.4, -0.2) is 28.5 Å². The van der Waals surface area contributed by atoms with Gasteiger partial charge in [-0.3, -0.25) is 9.59 Å². The third-order valence-electron chi connectivity index (χ3n) is 2.93. The molecule has 1 amide bonds. The molecule has 0 saturated carbocycles. The molecular formula is C14H19N5O2. The maximum atomic E-state index is 11.6. The maximum Gasteiger partial charge on any atom is 0.258 e. The van der Waals surface area contributed by atoms with Crippen LogP contribution in [0.5, 0.6) is 0 Å². The second-order valence-electron chi connectivity index (χ2n) is 5.09. The van der Waals surface area contributed by atoms with Gasteiger partial charge >= 0.3 is 0 Å². The van der Waals surface area contributed by atoms with E-state index in [0.29, 0.717) is 35.2 Å². The van der Waals surface area contributed by atoms with Gasteiger partial charge in [-0.2, -0.15) is 0 Å². The van der Waals surface area contributed by atoms with Crippen LogP contribution in [0.4, 0.5) is 11.4 Å². The largest absolute Gasteiger partial charge is 0.397 e. The van der Waals surface area contributed by atoms with Crippen LogP contribution in [0.1, 0.15) is 20.3 Å². The Bertz CT molecular complexity index is 708. The van der Waals surface area contributed by atoms with Gasteiger partial charge in [0.2, 0.25) is 5.91 Å². The number of rotatable bonds is 5. The number of anilines is 2. The molecule has 0 saturated heterocycles. The van der Waals surface area contributed by atoms with Gasteiger partial charge in [0.05, 0.1) is 28.6 Å². The zero-order valence-corrected chi connectivity index (χ0v) is 12.1. The first-order valence-corrected chi connectivity index (χ1v) is 6.77. The van der Waals surface area contributed by atoms with Gasteiger partial charge in [0, 0.05) is 19.0 Å². The quantitative estimate of drug-likeness (QED) is 0.609. The molecule has 112 valence electrons. The highest BCUT2D eigenvalue weighted by Crippen LogP contribution is 2.22. The molecule has 0 spiro atoms. The Balaban J connectivity index is 2.07. The van der Waals surface area contributed by atoms with Gasteiger partial charge in [-0.1, -0.05) is 0 Å². The number of hydrogen-bond acceptors (Lipinski definition) is 5. The zero-order chi connectivity index (χ0) is 15.4. The normalized spacial score (nSPS) is 10.8. The number of amides is 1. The van der Waals surface area contributed by atoms with Crippen LogP contribution in [0.15, 0.2) is 23.3 Å². The lowest BCUT2D eigenvalue weighted by molar-refractivity contribution is -0.121. The van der Waals surface area contributed by atoms with Crippen molar-refractivity contribution >= 4 is 28.2 Å². The summed E-state index contributed by atoms with van der Waals surface area (Å²) in [5, 5.41) is 6.35. The highest BCUT2D eigenvalue weighted by Gasteiger charge is 2.07. The van der Waals surface area contributed by atoms with Crippen molar-refractivity contribution in [2.75, 3.05) is 17.6 Å². The lowest BCUT2D eigenvalue weighted by Crippen LogP contribution is -2.31. The van der Waals surface area contributed by atoms with Crippen molar-refractivity contribution < 1.29 is 4.79 Å². The van der Waals surface area contributed by atoms with Crippen LogP contribution in [0, 0.1) is 0 Å². The molecule has 0 fully saturated rings. The summed E-state index contributed by atoms with van der Waals surface area (Å²) < 4.78 is 0. The predicted molar refractivity (Wildman–Crippen MR) is 83.2 cm³/mol. The number of nitrogens with one attached hydrogen (secondary N) is 3. The van der Waals surface area contributed by atoms with E-state index in [9.17, 15) is 9.59 Å². The molecule has 7 heteroatoms. The average Bonchev–Trinajstić information content (AvgIpc) is 2.40. The van der Waals surface area contributed by atoms with Crippen molar-refractivity contribution in [2.45, 2.75) is 26.3 Å². The van der Waals surface area contributed by atoms with Gasteiger partial charge in [-0.05, 0) is 26.0 Å². The summed E-state index contributed by atoms with van der Waals surface area (Å²) in [7, 11) is 0. The molecule has 1 aromatic heterocycles. The minimum absolute atomic E-state index is 0.0218. The van der Waals surface area contributed by atoms with Crippen molar-refractivity contribution in [1.29, 1.82) is 0 Å². The molecule has 1 heterocycles. The Morgan fingerprint density at radius 1 is 1.43 bits per heavy atom. The molecule has 0 aliphatic carbocycles. The molecule has 0 aliphatic heterocycles. The monoisotopic (exact) mass is 289 g/mol.